The lowest BCUT2D eigenvalue weighted by molar-refractivity contribution is -0.122. The Bertz CT molecular complexity index is 437. The van der Waals surface area contributed by atoms with Crippen molar-refractivity contribution in [2.75, 3.05) is 0 Å². The van der Waals surface area contributed by atoms with Crippen LogP contribution in [0, 0.1) is 17.8 Å². The van der Waals surface area contributed by atoms with Crippen molar-refractivity contribution < 1.29 is 9.90 Å². The first kappa shape index (κ1) is 13.4. The van der Waals surface area contributed by atoms with E-state index in [-0.39, 0.29) is 24.0 Å². The van der Waals surface area contributed by atoms with Crippen LogP contribution < -0.4 is 5.32 Å². The summed E-state index contributed by atoms with van der Waals surface area (Å²) in [5.74, 6) is 1.28. The Morgan fingerprint density at radius 3 is 2.68 bits per heavy atom. The van der Waals surface area contributed by atoms with Crippen molar-refractivity contribution in [3.63, 3.8) is 0 Å². The maximum Gasteiger partial charge on any atom is 0.242 e. The molecule has 106 valence electrons. The molecule has 1 amide bonds. The topological polar surface area (TPSA) is 61.7 Å². The average Bonchev–Trinajstić information content (AvgIpc) is 2.93. The fraction of sp³-hybridized carbons (Fsp3) is 0.857. The highest BCUT2D eigenvalue weighted by Crippen LogP contribution is 2.47. The molecule has 1 aliphatic heterocycles. The molecule has 2 aliphatic carbocycles. The van der Waals surface area contributed by atoms with Crippen molar-refractivity contribution in [2.45, 2.75) is 56.9 Å². The van der Waals surface area contributed by atoms with Gasteiger partial charge in [-0.2, -0.15) is 0 Å². The molecule has 4 nitrogen and oxygen atoms in total. The zero-order chi connectivity index (χ0) is 13.8. The molecule has 0 aromatic heterocycles. The normalized spacial score (nSPS) is 47.4. The Morgan fingerprint density at radius 2 is 2.16 bits per heavy atom. The van der Waals surface area contributed by atoms with Gasteiger partial charge in [-0.15, -0.1) is 0 Å². The molecule has 2 saturated carbocycles. The van der Waals surface area contributed by atoms with Crippen LogP contribution in [0.1, 0.15) is 40.0 Å². The molecule has 0 radical (unpaired) electrons. The van der Waals surface area contributed by atoms with E-state index < -0.39 is 4.75 Å². The van der Waals surface area contributed by atoms with Crippen LogP contribution in [0.4, 0.5) is 0 Å². The van der Waals surface area contributed by atoms with E-state index in [4.69, 9.17) is 4.99 Å². The van der Waals surface area contributed by atoms with Crippen LogP contribution in [0.3, 0.4) is 0 Å². The van der Waals surface area contributed by atoms with E-state index in [0.717, 1.165) is 24.4 Å². The van der Waals surface area contributed by atoms with Crippen molar-refractivity contribution >= 4 is 22.8 Å². The fourth-order valence-electron chi connectivity index (χ4n) is 3.51. The molecule has 1 saturated heterocycles. The van der Waals surface area contributed by atoms with Gasteiger partial charge < -0.3 is 10.4 Å². The van der Waals surface area contributed by atoms with Crippen LogP contribution in [-0.2, 0) is 4.79 Å². The number of nitrogens with zero attached hydrogens (tertiary/aromatic N) is 1. The molecular formula is C14H22N2O2S. The van der Waals surface area contributed by atoms with Gasteiger partial charge in [0.1, 0.15) is 4.75 Å². The number of thioether (sulfide) groups is 1. The van der Waals surface area contributed by atoms with Crippen LogP contribution in [0.15, 0.2) is 4.99 Å². The van der Waals surface area contributed by atoms with Crippen LogP contribution in [-0.4, -0.2) is 33.1 Å². The van der Waals surface area contributed by atoms with Gasteiger partial charge >= 0.3 is 0 Å². The largest absolute Gasteiger partial charge is 0.393 e. The predicted octanol–water partition coefficient (Wildman–Crippen LogP) is 1.78. The minimum Gasteiger partial charge on any atom is -0.393 e. The standard InChI is InChI=1S/C14H22N2O2S/c1-7(2)14(3)12(18)16-13(19-14)15-10-5-8-4-9(10)11(17)6-8/h7-11,17H,4-6H2,1-3H3,(H,15,16,18)/t8-,9+,10+,11?,14?/m1/s1. The first-order chi connectivity index (χ1) is 8.90. The number of nitrogens with one attached hydrogen (secondary N) is 1. The number of amides is 1. The van der Waals surface area contributed by atoms with Crippen LogP contribution in [0.25, 0.3) is 0 Å². The molecule has 5 heteroatoms. The lowest BCUT2D eigenvalue weighted by Crippen LogP contribution is -2.38. The number of hydrogen-bond donors (Lipinski definition) is 2. The first-order valence-electron chi connectivity index (χ1n) is 7.16. The summed E-state index contributed by atoms with van der Waals surface area (Å²) < 4.78 is -0.408. The number of amidine groups is 1. The van der Waals surface area contributed by atoms with Gasteiger partial charge in [0, 0.05) is 5.92 Å². The summed E-state index contributed by atoms with van der Waals surface area (Å²) in [5, 5.41) is 13.6. The van der Waals surface area contributed by atoms with E-state index in [0.29, 0.717) is 11.8 Å². The Labute approximate surface area is 118 Å². The predicted molar refractivity (Wildman–Crippen MR) is 77.0 cm³/mol. The number of carbonyl (C=O) groups is 1. The van der Waals surface area contributed by atoms with E-state index in [1.54, 1.807) is 11.8 Å². The van der Waals surface area contributed by atoms with E-state index in [1.807, 2.05) is 6.92 Å². The van der Waals surface area contributed by atoms with E-state index in [9.17, 15) is 9.90 Å². The second kappa shape index (κ2) is 4.48. The fourth-order valence-corrected chi connectivity index (χ4v) is 4.62. The smallest absolute Gasteiger partial charge is 0.242 e. The van der Waals surface area contributed by atoms with Crippen LogP contribution in [0.2, 0.25) is 0 Å². The molecule has 0 aromatic rings. The lowest BCUT2D eigenvalue weighted by Gasteiger charge is -2.24. The van der Waals surface area contributed by atoms with Gasteiger partial charge in [0.05, 0.1) is 12.1 Å². The molecule has 3 fully saturated rings. The van der Waals surface area contributed by atoms with Crippen molar-refractivity contribution in [1.82, 2.24) is 5.32 Å². The first-order valence-corrected chi connectivity index (χ1v) is 7.98. The summed E-state index contributed by atoms with van der Waals surface area (Å²) in [6.07, 6.45) is 2.92. The van der Waals surface area contributed by atoms with E-state index in [2.05, 4.69) is 19.2 Å². The molecule has 2 N–H and O–H groups in total. The maximum absolute atomic E-state index is 12.1. The molecule has 0 aromatic carbocycles. The van der Waals surface area contributed by atoms with Crippen molar-refractivity contribution in [3.05, 3.63) is 0 Å². The molecular weight excluding hydrogens is 260 g/mol. The molecule has 3 aliphatic rings. The number of aliphatic hydroxyl groups excluding tert-OH is 1. The maximum atomic E-state index is 12.1. The third-order valence-corrected chi connectivity index (χ3v) is 6.59. The Kier molecular flexibility index (Phi) is 3.17. The highest BCUT2D eigenvalue weighted by atomic mass is 32.2. The Hall–Kier alpha value is -0.550. The van der Waals surface area contributed by atoms with Crippen LogP contribution in [0.5, 0.6) is 0 Å². The summed E-state index contributed by atoms with van der Waals surface area (Å²) in [4.78, 5) is 16.8. The second-order valence-electron chi connectivity index (χ2n) is 6.62. The number of aliphatic imine (C=N–C) groups is 1. The minimum atomic E-state index is -0.408. The molecule has 2 bridgehead atoms. The molecule has 2 unspecified atom stereocenters. The SMILES string of the molecule is CC(C)C1(C)SC(=N[C@H]2C[C@@H]3CC(O)[C@H]2C3)NC1=O. The van der Waals surface area contributed by atoms with Gasteiger partial charge in [0.15, 0.2) is 5.17 Å². The highest BCUT2D eigenvalue weighted by molar-refractivity contribution is 8.16. The number of aliphatic hydroxyl groups is 1. The van der Waals surface area contributed by atoms with Crippen molar-refractivity contribution in [1.29, 1.82) is 0 Å². The van der Waals surface area contributed by atoms with E-state index in [1.165, 1.54) is 0 Å². The number of carbonyl (C=O) groups excluding carboxylic acids is 1. The van der Waals surface area contributed by atoms with Gasteiger partial charge in [-0.05, 0) is 38.0 Å². The quantitative estimate of drug-likeness (QED) is 0.811. The summed E-state index contributed by atoms with van der Waals surface area (Å²) in [7, 11) is 0. The van der Waals surface area contributed by atoms with Crippen molar-refractivity contribution in [2.24, 2.45) is 22.7 Å². The summed E-state index contributed by atoms with van der Waals surface area (Å²) in [6, 6.07) is 0.200. The Balaban J connectivity index is 1.75. The average molecular weight is 282 g/mol. The molecule has 19 heavy (non-hydrogen) atoms. The Morgan fingerprint density at radius 1 is 1.42 bits per heavy atom. The van der Waals surface area contributed by atoms with Crippen molar-refractivity contribution in [3.8, 4) is 0 Å². The third kappa shape index (κ3) is 2.11. The number of fused-ring (bicyclic) bond motifs is 2. The summed E-state index contributed by atoms with van der Waals surface area (Å²) >= 11 is 1.55. The van der Waals surface area contributed by atoms with Gasteiger partial charge in [-0.3, -0.25) is 9.79 Å². The summed E-state index contributed by atoms with van der Waals surface area (Å²) in [6.45, 7) is 6.11. The molecule has 3 rings (SSSR count). The second-order valence-corrected chi connectivity index (χ2v) is 8.06. The molecule has 5 atom stereocenters. The number of rotatable bonds is 2. The van der Waals surface area contributed by atoms with Gasteiger partial charge in [-0.1, -0.05) is 25.6 Å². The van der Waals surface area contributed by atoms with E-state index >= 15 is 0 Å². The van der Waals surface area contributed by atoms with Gasteiger partial charge in [0.25, 0.3) is 0 Å². The third-order valence-electron chi connectivity index (χ3n) is 5.11. The monoisotopic (exact) mass is 282 g/mol. The lowest BCUT2D eigenvalue weighted by atomic mass is 9.93. The number of hydrogen-bond acceptors (Lipinski definition) is 4. The van der Waals surface area contributed by atoms with Gasteiger partial charge in [-0.25, -0.2) is 0 Å². The zero-order valence-corrected chi connectivity index (χ0v) is 12.5. The van der Waals surface area contributed by atoms with Crippen LogP contribution >= 0.6 is 11.8 Å². The zero-order valence-electron chi connectivity index (χ0n) is 11.7. The highest BCUT2D eigenvalue weighted by Gasteiger charge is 2.48. The molecule has 0 spiro atoms. The minimum absolute atomic E-state index is 0.0648. The van der Waals surface area contributed by atoms with Gasteiger partial charge in [0.2, 0.25) is 5.91 Å². The summed E-state index contributed by atoms with van der Waals surface area (Å²) in [5.41, 5.74) is 0. The molecule has 1 heterocycles.